The molecule has 0 spiro atoms. The summed E-state index contributed by atoms with van der Waals surface area (Å²) in [5.74, 6) is 1.32. The van der Waals surface area contributed by atoms with Crippen LogP contribution in [0.3, 0.4) is 0 Å². The molecule has 0 bridgehead atoms. The van der Waals surface area contributed by atoms with Crippen LogP contribution in [0.15, 0.2) is 47.3 Å². The third-order valence-electron chi connectivity index (χ3n) is 6.42. The van der Waals surface area contributed by atoms with Gasteiger partial charge in [0, 0.05) is 19.0 Å². The Hall–Kier alpha value is -3.42. The van der Waals surface area contributed by atoms with Gasteiger partial charge in [0.2, 0.25) is 17.1 Å². The van der Waals surface area contributed by atoms with Crippen LogP contribution in [0.25, 0.3) is 11.1 Å². The number of methoxy groups -OCH3 is 3. The molecule has 194 valence electrons. The Morgan fingerprint density at radius 1 is 1.03 bits per heavy atom. The Morgan fingerprint density at radius 3 is 2.46 bits per heavy atom. The molecule has 3 aromatic rings. The number of amides is 1. The fourth-order valence-corrected chi connectivity index (χ4v) is 5.12. The van der Waals surface area contributed by atoms with E-state index in [1.165, 1.54) is 6.92 Å². The van der Waals surface area contributed by atoms with Crippen LogP contribution >= 0.6 is 23.2 Å². The van der Waals surface area contributed by atoms with Crippen molar-refractivity contribution in [3.05, 3.63) is 79.4 Å². The van der Waals surface area contributed by atoms with Crippen molar-refractivity contribution < 1.29 is 19.0 Å². The van der Waals surface area contributed by atoms with Crippen molar-refractivity contribution in [1.82, 2.24) is 5.32 Å². The Balaban J connectivity index is 1.90. The summed E-state index contributed by atoms with van der Waals surface area (Å²) < 4.78 is 17.0. The van der Waals surface area contributed by atoms with Gasteiger partial charge in [-0.15, -0.1) is 0 Å². The third-order valence-corrected chi connectivity index (χ3v) is 7.27. The van der Waals surface area contributed by atoms with Crippen molar-refractivity contribution in [3.63, 3.8) is 0 Å². The number of hydrogen-bond acceptors (Lipinski definition) is 6. The SMILES string of the molecule is COc1cc2c(c(OC)c1OC)-c1ccc(NCc3cccc(Cl)c3Cl)c(=O)cc1[C@H](NC(C)=O)CC2. The molecule has 2 N–H and O–H groups in total. The lowest BCUT2D eigenvalue weighted by Crippen LogP contribution is -2.26. The van der Waals surface area contributed by atoms with E-state index in [1.54, 1.807) is 45.6 Å². The second kappa shape index (κ2) is 11.3. The minimum Gasteiger partial charge on any atom is -0.493 e. The van der Waals surface area contributed by atoms with Crippen LogP contribution in [0.4, 0.5) is 5.69 Å². The van der Waals surface area contributed by atoms with Crippen LogP contribution < -0.4 is 30.3 Å². The molecule has 1 aliphatic rings. The summed E-state index contributed by atoms with van der Waals surface area (Å²) in [6.07, 6.45) is 1.21. The van der Waals surface area contributed by atoms with E-state index in [1.807, 2.05) is 18.2 Å². The van der Waals surface area contributed by atoms with Crippen LogP contribution in [-0.4, -0.2) is 27.2 Å². The first kappa shape index (κ1) is 26.6. The maximum atomic E-state index is 13.4. The standard InChI is InChI=1S/C28H28Cl2N2O5/c1-15(33)32-21-10-8-16-12-24(35-2)27(36-3)28(37-4)25(16)18-9-11-22(23(34)13-19(18)21)31-14-17-6-5-7-20(29)26(17)30/h5-7,9,11-13,21H,8,10,14H2,1-4H3,(H,31,34)(H,32,33)/t21-/m1/s1. The Morgan fingerprint density at radius 2 is 1.78 bits per heavy atom. The molecular formula is C28H28Cl2N2O5. The summed E-state index contributed by atoms with van der Waals surface area (Å²) in [5.41, 5.74) is 4.13. The zero-order valence-electron chi connectivity index (χ0n) is 21.0. The lowest BCUT2D eigenvalue weighted by atomic mass is 9.95. The van der Waals surface area contributed by atoms with Gasteiger partial charge in [0.1, 0.15) is 0 Å². The van der Waals surface area contributed by atoms with Crippen LogP contribution in [0.5, 0.6) is 17.2 Å². The number of benzene rings is 2. The number of carbonyl (C=O) groups is 1. The normalized spacial score (nSPS) is 14.1. The monoisotopic (exact) mass is 542 g/mol. The largest absolute Gasteiger partial charge is 0.493 e. The number of carbonyl (C=O) groups excluding carboxylic acids is 1. The summed E-state index contributed by atoms with van der Waals surface area (Å²) in [4.78, 5) is 25.5. The first-order valence-electron chi connectivity index (χ1n) is 11.7. The zero-order valence-corrected chi connectivity index (χ0v) is 22.5. The summed E-state index contributed by atoms with van der Waals surface area (Å²) in [7, 11) is 4.69. The fourth-order valence-electron chi connectivity index (χ4n) is 4.73. The van der Waals surface area contributed by atoms with Crippen molar-refractivity contribution in [2.24, 2.45) is 0 Å². The number of hydrogen-bond donors (Lipinski definition) is 2. The van der Waals surface area contributed by atoms with E-state index in [0.29, 0.717) is 57.9 Å². The molecule has 0 heterocycles. The van der Waals surface area contributed by atoms with Crippen molar-refractivity contribution in [1.29, 1.82) is 0 Å². The van der Waals surface area contributed by atoms with Gasteiger partial charge in [0.05, 0.1) is 43.1 Å². The molecule has 3 aromatic carbocycles. The second-order valence-corrected chi connectivity index (χ2v) is 9.45. The molecule has 0 saturated heterocycles. The molecule has 4 rings (SSSR count). The van der Waals surface area contributed by atoms with Gasteiger partial charge in [-0.3, -0.25) is 9.59 Å². The van der Waals surface area contributed by atoms with E-state index in [-0.39, 0.29) is 17.4 Å². The van der Waals surface area contributed by atoms with Gasteiger partial charge < -0.3 is 24.8 Å². The number of ether oxygens (including phenoxy) is 3. The van der Waals surface area contributed by atoms with Gasteiger partial charge in [0.15, 0.2) is 11.5 Å². The predicted octanol–water partition coefficient (Wildman–Crippen LogP) is 5.78. The molecule has 7 nitrogen and oxygen atoms in total. The molecule has 37 heavy (non-hydrogen) atoms. The quantitative estimate of drug-likeness (QED) is 0.393. The maximum Gasteiger partial charge on any atom is 0.217 e. The van der Waals surface area contributed by atoms with Crippen LogP contribution in [0.1, 0.15) is 36.1 Å². The molecule has 1 atom stereocenters. The van der Waals surface area contributed by atoms with Gasteiger partial charge in [-0.05, 0) is 59.4 Å². The molecule has 0 unspecified atom stereocenters. The van der Waals surface area contributed by atoms with Gasteiger partial charge in [-0.25, -0.2) is 0 Å². The minimum atomic E-state index is -0.378. The lowest BCUT2D eigenvalue weighted by Gasteiger charge is -2.19. The highest BCUT2D eigenvalue weighted by atomic mass is 35.5. The van der Waals surface area contributed by atoms with E-state index < -0.39 is 0 Å². The Kier molecular flexibility index (Phi) is 8.15. The van der Waals surface area contributed by atoms with Gasteiger partial charge in [-0.1, -0.05) is 41.4 Å². The van der Waals surface area contributed by atoms with Crippen LogP contribution in [0, 0.1) is 0 Å². The average molecular weight is 543 g/mol. The highest BCUT2D eigenvalue weighted by molar-refractivity contribution is 6.42. The minimum absolute atomic E-state index is 0.183. The van der Waals surface area contributed by atoms with Crippen molar-refractivity contribution in [2.45, 2.75) is 32.4 Å². The molecule has 1 amide bonds. The second-order valence-electron chi connectivity index (χ2n) is 8.66. The number of fused-ring (bicyclic) bond motifs is 3. The summed E-state index contributed by atoms with van der Waals surface area (Å²) in [6, 6.07) is 12.1. The molecule has 0 aliphatic heterocycles. The molecule has 0 saturated carbocycles. The molecule has 0 aromatic heterocycles. The van der Waals surface area contributed by atoms with Crippen molar-refractivity contribution in [2.75, 3.05) is 26.6 Å². The van der Waals surface area contributed by atoms with Crippen LogP contribution in [-0.2, 0) is 17.8 Å². The molecule has 9 heteroatoms. The maximum absolute atomic E-state index is 13.4. The highest BCUT2D eigenvalue weighted by Gasteiger charge is 2.29. The number of anilines is 1. The molecule has 1 aliphatic carbocycles. The van der Waals surface area contributed by atoms with E-state index in [0.717, 1.165) is 22.3 Å². The molecular weight excluding hydrogens is 515 g/mol. The number of rotatable bonds is 7. The van der Waals surface area contributed by atoms with Crippen molar-refractivity contribution in [3.8, 4) is 28.4 Å². The van der Waals surface area contributed by atoms with Gasteiger partial charge >= 0.3 is 0 Å². The first-order chi connectivity index (χ1) is 17.8. The lowest BCUT2D eigenvalue weighted by molar-refractivity contribution is -0.119. The smallest absolute Gasteiger partial charge is 0.217 e. The number of aryl methyl sites for hydroxylation is 1. The average Bonchev–Trinajstić information content (AvgIpc) is 3.12. The van der Waals surface area contributed by atoms with Gasteiger partial charge in [0.25, 0.3) is 0 Å². The highest BCUT2D eigenvalue weighted by Crippen LogP contribution is 2.50. The summed E-state index contributed by atoms with van der Waals surface area (Å²) in [6.45, 7) is 1.77. The molecule has 0 fully saturated rings. The third kappa shape index (κ3) is 5.33. The fraction of sp³-hybridized carbons (Fsp3) is 0.286. The van der Waals surface area contributed by atoms with E-state index >= 15 is 0 Å². The van der Waals surface area contributed by atoms with Crippen LogP contribution in [0.2, 0.25) is 10.0 Å². The zero-order chi connectivity index (χ0) is 26.7. The summed E-state index contributed by atoms with van der Waals surface area (Å²) in [5, 5.41) is 7.07. The Bertz CT molecular complexity index is 1410. The summed E-state index contributed by atoms with van der Waals surface area (Å²) >= 11 is 12.5. The van der Waals surface area contributed by atoms with Crippen molar-refractivity contribution >= 4 is 34.8 Å². The van der Waals surface area contributed by atoms with Gasteiger partial charge in [-0.2, -0.15) is 0 Å². The molecule has 0 radical (unpaired) electrons. The Labute approximate surface area is 225 Å². The topological polar surface area (TPSA) is 85.9 Å². The van der Waals surface area contributed by atoms with E-state index in [2.05, 4.69) is 10.6 Å². The van der Waals surface area contributed by atoms with E-state index in [9.17, 15) is 9.59 Å². The number of halogens is 2. The van der Waals surface area contributed by atoms with E-state index in [4.69, 9.17) is 37.4 Å². The predicted molar refractivity (Wildman–Crippen MR) is 146 cm³/mol. The number of nitrogens with one attached hydrogen (secondary N) is 2. The first-order valence-corrected chi connectivity index (χ1v) is 12.5.